The standard InChI is InChI=1S/2C10H15.CH2Cl.Zr/c2*1-7-6-10(4,5)9(3)8(7)2;1-2;/h2*1-5H3;1H2;/q3*-1;+3. The van der Waals surface area contributed by atoms with Crippen LogP contribution in [0.15, 0.2) is 33.4 Å². The zero-order chi connectivity index (χ0) is 17.9. The van der Waals surface area contributed by atoms with E-state index in [2.05, 4.69) is 99.4 Å². The summed E-state index contributed by atoms with van der Waals surface area (Å²) >= 11 is 4.39. The van der Waals surface area contributed by atoms with E-state index in [1.807, 2.05) is 0 Å². The Hall–Kier alpha value is 0.133. The van der Waals surface area contributed by atoms with Crippen molar-refractivity contribution < 1.29 is 26.2 Å². The van der Waals surface area contributed by atoms with Crippen molar-refractivity contribution in [3.8, 4) is 0 Å². The molecule has 23 heavy (non-hydrogen) atoms. The van der Waals surface area contributed by atoms with Crippen LogP contribution < -0.4 is 0 Å². The molecule has 2 rings (SSSR count). The number of rotatable bonds is 0. The maximum absolute atomic E-state index is 4.39. The van der Waals surface area contributed by atoms with Gasteiger partial charge < -0.3 is 11.6 Å². The summed E-state index contributed by atoms with van der Waals surface area (Å²) in [5, 5.41) is 0. The molecular formula is C21H32ClZr. The summed E-state index contributed by atoms with van der Waals surface area (Å²) in [6, 6.07) is 0. The smallest absolute Gasteiger partial charge is 0.352 e. The first-order valence-electron chi connectivity index (χ1n) is 7.77. The molecule has 0 unspecified atom stereocenters. The second-order valence-electron chi connectivity index (χ2n) is 7.25. The van der Waals surface area contributed by atoms with E-state index >= 15 is 0 Å². The molecule has 0 aliphatic heterocycles. The molecule has 0 nitrogen and oxygen atoms in total. The van der Waals surface area contributed by atoms with Gasteiger partial charge in [-0.25, -0.2) is 11.1 Å². The predicted molar refractivity (Wildman–Crippen MR) is 100 cm³/mol. The molecular weight excluding hydrogens is 379 g/mol. The Morgan fingerprint density at radius 2 is 0.870 bits per heavy atom. The maximum atomic E-state index is 4.39. The first-order valence-corrected chi connectivity index (χ1v) is 8.30. The fourth-order valence-electron chi connectivity index (χ4n) is 2.81. The first-order chi connectivity index (χ1) is 9.90. The average molecular weight is 411 g/mol. The molecule has 2 aliphatic carbocycles. The van der Waals surface area contributed by atoms with Crippen LogP contribution in [0.2, 0.25) is 0 Å². The topological polar surface area (TPSA) is 0 Å². The second kappa shape index (κ2) is 9.57. The van der Waals surface area contributed by atoms with Crippen LogP contribution >= 0.6 is 11.6 Å². The minimum Gasteiger partial charge on any atom is -0.352 e. The van der Waals surface area contributed by atoms with E-state index in [4.69, 9.17) is 0 Å². The fraction of sp³-hybridized carbons (Fsp3) is 0.571. The Labute approximate surface area is 169 Å². The molecule has 1 radical (unpaired) electrons. The van der Waals surface area contributed by atoms with Crippen LogP contribution in [0.3, 0.4) is 0 Å². The minimum absolute atomic E-state index is 0. The van der Waals surface area contributed by atoms with Gasteiger partial charge in [-0.15, -0.1) is 13.8 Å². The van der Waals surface area contributed by atoms with E-state index in [1.54, 1.807) is 0 Å². The molecule has 0 atom stereocenters. The summed E-state index contributed by atoms with van der Waals surface area (Å²) in [6.07, 6.45) is 9.59. The van der Waals surface area contributed by atoms with Crippen LogP contribution in [0.5, 0.6) is 0 Å². The summed E-state index contributed by atoms with van der Waals surface area (Å²) in [5.74, 6) is 0. The van der Waals surface area contributed by atoms with Crippen molar-refractivity contribution in [3.05, 3.63) is 52.0 Å². The summed E-state index contributed by atoms with van der Waals surface area (Å²) in [6.45, 7) is 21.8. The third-order valence-electron chi connectivity index (χ3n) is 5.12. The number of hydrogen-bond donors (Lipinski definition) is 0. The van der Waals surface area contributed by atoms with E-state index in [-0.39, 0.29) is 37.0 Å². The summed E-state index contributed by atoms with van der Waals surface area (Å²) < 4.78 is 0. The molecule has 0 saturated carbocycles. The Kier molecular flexibility index (Phi) is 10.6. The van der Waals surface area contributed by atoms with Gasteiger partial charge in [-0.05, 0) is 0 Å². The van der Waals surface area contributed by atoms with E-state index < -0.39 is 0 Å². The van der Waals surface area contributed by atoms with Crippen molar-refractivity contribution in [1.82, 2.24) is 0 Å². The normalized spacial score (nSPS) is 20.7. The molecule has 0 heterocycles. The summed E-state index contributed by atoms with van der Waals surface area (Å²) in [4.78, 5) is 0. The van der Waals surface area contributed by atoms with Crippen LogP contribution in [0.1, 0.15) is 69.2 Å². The van der Waals surface area contributed by atoms with Gasteiger partial charge in [-0.1, -0.05) is 66.2 Å². The third-order valence-corrected chi connectivity index (χ3v) is 5.12. The second-order valence-corrected chi connectivity index (χ2v) is 7.25. The van der Waals surface area contributed by atoms with E-state index in [1.165, 1.54) is 33.4 Å². The van der Waals surface area contributed by atoms with Gasteiger partial charge in [0, 0.05) is 0 Å². The van der Waals surface area contributed by atoms with Crippen LogP contribution in [-0.2, 0) is 26.2 Å². The molecule has 0 amide bonds. The van der Waals surface area contributed by atoms with Gasteiger partial charge in [-0.2, -0.15) is 22.3 Å². The molecule has 0 N–H and O–H groups in total. The maximum Gasteiger partial charge on any atom is 3.00 e. The predicted octanol–water partition coefficient (Wildman–Crippen LogP) is 7.24. The van der Waals surface area contributed by atoms with Gasteiger partial charge in [-0.3, -0.25) is 18.5 Å². The molecule has 0 fully saturated rings. The van der Waals surface area contributed by atoms with E-state index in [9.17, 15) is 0 Å². The van der Waals surface area contributed by atoms with Crippen molar-refractivity contribution in [3.63, 3.8) is 0 Å². The Bertz CT molecular complexity index is 490. The van der Waals surface area contributed by atoms with Crippen molar-refractivity contribution in [2.75, 3.05) is 0 Å². The van der Waals surface area contributed by atoms with Gasteiger partial charge in [0.05, 0.1) is 0 Å². The third kappa shape index (κ3) is 6.17. The molecule has 127 valence electrons. The van der Waals surface area contributed by atoms with E-state index in [0.717, 1.165) is 0 Å². The molecule has 0 aromatic rings. The van der Waals surface area contributed by atoms with Crippen LogP contribution in [-0.4, -0.2) is 0 Å². The largest absolute Gasteiger partial charge is 3.00 e. The van der Waals surface area contributed by atoms with Gasteiger partial charge in [0.2, 0.25) is 0 Å². The number of allylic oxidation sites excluding steroid dienone is 8. The van der Waals surface area contributed by atoms with Crippen LogP contribution in [0.25, 0.3) is 0 Å². The molecule has 0 aromatic carbocycles. The first kappa shape index (κ1) is 25.4. The Morgan fingerprint density at radius 3 is 0.913 bits per heavy atom. The van der Waals surface area contributed by atoms with Gasteiger partial charge in [0.1, 0.15) is 0 Å². The summed E-state index contributed by atoms with van der Waals surface area (Å²) in [7, 11) is 0. The fourth-order valence-corrected chi connectivity index (χ4v) is 2.81. The Morgan fingerprint density at radius 1 is 0.652 bits per heavy atom. The average Bonchev–Trinajstić information content (AvgIpc) is 2.72. The molecule has 0 aromatic heterocycles. The SMILES string of the molecule is CC1=[C-]C(C)(C)C(C)=C1C.CC1=[C-]C(C)(C)C(C)=C1C.[CH2-]Cl.[Zr+3]. The van der Waals surface area contributed by atoms with Gasteiger partial charge in [0.15, 0.2) is 0 Å². The molecule has 2 aliphatic rings. The zero-order valence-electron chi connectivity index (χ0n) is 16.6. The van der Waals surface area contributed by atoms with Gasteiger partial charge in [0.25, 0.3) is 0 Å². The molecule has 0 saturated heterocycles. The summed E-state index contributed by atoms with van der Waals surface area (Å²) in [5.41, 5.74) is 8.79. The monoisotopic (exact) mass is 409 g/mol. The molecule has 0 spiro atoms. The zero-order valence-corrected chi connectivity index (χ0v) is 19.8. The number of hydrogen-bond acceptors (Lipinski definition) is 0. The minimum atomic E-state index is 0. The van der Waals surface area contributed by atoms with Crippen LogP contribution in [0.4, 0.5) is 0 Å². The van der Waals surface area contributed by atoms with Crippen molar-refractivity contribution in [2.45, 2.75) is 69.2 Å². The Balaban J connectivity index is 0. The van der Waals surface area contributed by atoms with Crippen molar-refractivity contribution in [2.24, 2.45) is 10.8 Å². The molecule has 0 bridgehead atoms. The molecule has 2 heteroatoms. The van der Waals surface area contributed by atoms with Crippen molar-refractivity contribution in [1.29, 1.82) is 0 Å². The van der Waals surface area contributed by atoms with Crippen LogP contribution in [0, 0.1) is 29.4 Å². The quantitative estimate of drug-likeness (QED) is 0.369. The van der Waals surface area contributed by atoms with Crippen molar-refractivity contribution >= 4 is 11.6 Å². The van der Waals surface area contributed by atoms with E-state index in [0.29, 0.717) is 0 Å². The number of halogens is 1. The van der Waals surface area contributed by atoms with Gasteiger partial charge >= 0.3 is 26.2 Å².